The molecule has 2 amide bonds. The highest BCUT2D eigenvalue weighted by Gasteiger charge is 2.16. The van der Waals surface area contributed by atoms with Gasteiger partial charge in [0.15, 0.2) is 11.3 Å². The largest absolute Gasteiger partial charge is 0.361 e. The van der Waals surface area contributed by atoms with Gasteiger partial charge in [-0.25, -0.2) is 9.97 Å². The number of nitrogens with zero attached hydrogens (tertiary/aromatic N) is 7. The van der Waals surface area contributed by atoms with Crippen molar-refractivity contribution in [3.63, 3.8) is 0 Å². The quantitative estimate of drug-likeness (QED) is 0.0509. The number of nitrogens with one attached hydrogen (secondary N) is 5. The summed E-state index contributed by atoms with van der Waals surface area (Å²) in [4.78, 5) is 45.7. The topological polar surface area (TPSA) is 173 Å². The van der Waals surface area contributed by atoms with Crippen molar-refractivity contribution in [2.24, 2.45) is 0 Å². The summed E-state index contributed by atoms with van der Waals surface area (Å²) < 4.78 is 11.8. The summed E-state index contributed by atoms with van der Waals surface area (Å²) in [7, 11) is -1.13. The highest BCUT2D eigenvalue weighted by Crippen LogP contribution is 2.26. The number of H-pyrrole nitrogens is 1. The van der Waals surface area contributed by atoms with Gasteiger partial charge in [0.2, 0.25) is 11.9 Å². The summed E-state index contributed by atoms with van der Waals surface area (Å²) in [5.74, 6) is 1.19. The predicted octanol–water partition coefficient (Wildman–Crippen LogP) is 7.97. The summed E-state index contributed by atoms with van der Waals surface area (Å²) in [6.45, 7) is 13.7. The summed E-state index contributed by atoms with van der Waals surface area (Å²) in [6, 6.07) is 19.8. The fourth-order valence-corrected chi connectivity index (χ4v) is 6.99. The monoisotopic (exact) mass is 798 g/mol. The molecule has 0 atom stereocenters. The minimum Gasteiger partial charge on any atom is -0.361 e. The van der Waals surface area contributed by atoms with Crippen molar-refractivity contribution in [3.8, 4) is 0 Å². The summed E-state index contributed by atoms with van der Waals surface area (Å²) in [5, 5.41) is 14.4. The molecule has 8 rings (SSSR count). The van der Waals surface area contributed by atoms with Crippen LogP contribution in [0.4, 0.5) is 23.3 Å². The number of anilines is 4. The molecule has 0 aliphatic rings. The van der Waals surface area contributed by atoms with E-state index < -0.39 is 8.07 Å². The van der Waals surface area contributed by atoms with Gasteiger partial charge in [0.25, 0.3) is 11.8 Å². The maximum Gasteiger partial charge on any atom is 0.251 e. The van der Waals surface area contributed by atoms with Crippen LogP contribution >= 0.6 is 0 Å². The Hall–Kier alpha value is -6.52. The lowest BCUT2D eigenvalue weighted by molar-refractivity contribution is 0.0898. The number of benzene rings is 2. The maximum atomic E-state index is 12.2. The van der Waals surface area contributed by atoms with Gasteiger partial charge in [0.1, 0.15) is 18.0 Å². The first-order chi connectivity index (χ1) is 28.1. The number of rotatable bonds is 15. The number of imidazole rings is 2. The third kappa shape index (κ3) is 9.19. The molecule has 0 radical (unpaired) electrons. The minimum atomic E-state index is -1.13. The fraction of sp³-hybridized carbons (Fsp3) is 0.286. The molecule has 0 aliphatic heterocycles. The number of carbonyl (C=O) groups excluding carboxylic acids is 2. The fourth-order valence-electron chi connectivity index (χ4n) is 6.23. The molecule has 6 aromatic heterocycles. The van der Waals surface area contributed by atoms with Crippen molar-refractivity contribution < 1.29 is 14.3 Å². The Morgan fingerprint density at radius 2 is 1.24 bits per heavy atom. The van der Waals surface area contributed by atoms with Crippen LogP contribution in [0.2, 0.25) is 25.7 Å². The SMILES string of the molecule is CCCNC(=O)c1ccc(Nc2nc3[nH]ccc3c3nccn23)cc1.CCCNC(=O)c1ccc(Nc2nc3c(ccn3COCC[Si](C)(C)C)c3nccn23)cc1. The van der Waals surface area contributed by atoms with E-state index >= 15 is 0 Å². The van der Waals surface area contributed by atoms with Gasteiger partial charge in [-0.3, -0.25) is 18.4 Å². The van der Waals surface area contributed by atoms with Crippen LogP contribution in [0, 0.1) is 0 Å². The Labute approximate surface area is 337 Å². The third-order valence-electron chi connectivity index (χ3n) is 9.41. The van der Waals surface area contributed by atoms with Crippen LogP contribution in [0.25, 0.3) is 33.4 Å². The molecule has 0 saturated carbocycles. The molecule has 0 saturated heterocycles. The first-order valence-electron chi connectivity index (χ1n) is 19.6. The van der Waals surface area contributed by atoms with Crippen LogP contribution in [0.5, 0.6) is 0 Å². The number of fused-ring (bicyclic) bond motifs is 6. The molecule has 0 unspecified atom stereocenters. The molecule has 15 nitrogen and oxygen atoms in total. The standard InChI is InChI=1S/C24H32N6O2Si.C18H18N6O/c1-5-11-26-23(31)18-6-8-19(9-7-18)27-24-28-22-20(21-25-12-14-30(21)24)10-13-29(22)17-32-15-16-33(2,3)4;1-2-8-21-17(25)12-3-5-13(6-4-12)22-18-23-15-14(7-9-19-15)16-20-10-11-24(16)18/h6-10,12-14H,5,11,15-17H2,1-4H3,(H,26,31)(H,27,28);3-7,9-11,19H,2,8H2,1H3,(H,21,25)(H,22,23). The number of aromatic nitrogens is 8. The van der Waals surface area contributed by atoms with Crippen LogP contribution < -0.4 is 21.3 Å². The molecule has 8 aromatic rings. The number of hydrogen-bond donors (Lipinski definition) is 5. The second-order valence-electron chi connectivity index (χ2n) is 15.1. The van der Waals surface area contributed by atoms with Crippen molar-refractivity contribution >= 4 is 76.5 Å². The van der Waals surface area contributed by atoms with E-state index in [-0.39, 0.29) is 11.8 Å². The number of amides is 2. The average molecular weight is 799 g/mol. The first kappa shape index (κ1) is 39.7. The Kier molecular flexibility index (Phi) is 12.1. The van der Waals surface area contributed by atoms with E-state index in [4.69, 9.17) is 9.72 Å². The molecular weight excluding hydrogens is 749 g/mol. The molecule has 58 heavy (non-hydrogen) atoms. The summed E-state index contributed by atoms with van der Waals surface area (Å²) >= 11 is 0. The highest BCUT2D eigenvalue weighted by molar-refractivity contribution is 6.76. The Morgan fingerprint density at radius 1 is 0.690 bits per heavy atom. The van der Waals surface area contributed by atoms with Crippen molar-refractivity contribution in [1.29, 1.82) is 0 Å². The molecule has 0 spiro atoms. The highest BCUT2D eigenvalue weighted by atomic mass is 28.3. The maximum absolute atomic E-state index is 12.2. The van der Waals surface area contributed by atoms with Crippen molar-refractivity contribution in [2.75, 3.05) is 30.3 Å². The molecule has 0 fully saturated rings. The van der Waals surface area contributed by atoms with E-state index in [2.05, 4.69) is 60.8 Å². The predicted molar refractivity (Wildman–Crippen MR) is 232 cm³/mol. The van der Waals surface area contributed by atoms with Gasteiger partial charge < -0.3 is 35.6 Å². The normalized spacial score (nSPS) is 11.5. The molecule has 0 aliphatic carbocycles. The molecule has 16 heteroatoms. The van der Waals surface area contributed by atoms with Gasteiger partial charge in [0.05, 0.1) is 10.8 Å². The molecule has 6 heterocycles. The van der Waals surface area contributed by atoms with Crippen LogP contribution in [0.1, 0.15) is 47.4 Å². The zero-order valence-corrected chi connectivity index (χ0v) is 34.5. The van der Waals surface area contributed by atoms with E-state index in [9.17, 15) is 9.59 Å². The minimum absolute atomic E-state index is 0.0590. The van der Waals surface area contributed by atoms with E-state index in [1.165, 1.54) is 0 Å². The lowest BCUT2D eigenvalue weighted by Crippen LogP contribution is -2.23. The van der Waals surface area contributed by atoms with Crippen molar-refractivity contribution in [1.82, 2.24) is 48.9 Å². The molecule has 2 aromatic carbocycles. The second kappa shape index (κ2) is 17.7. The average Bonchev–Trinajstić information content (AvgIpc) is 4.05. The summed E-state index contributed by atoms with van der Waals surface area (Å²) in [6.07, 6.45) is 12.9. The number of carbonyl (C=O) groups is 2. The molecule has 300 valence electrons. The van der Waals surface area contributed by atoms with Crippen LogP contribution in [0.3, 0.4) is 0 Å². The zero-order valence-electron chi connectivity index (χ0n) is 33.5. The van der Waals surface area contributed by atoms with Gasteiger partial charge in [0, 0.05) is 87.5 Å². The Bertz CT molecular complexity index is 2640. The molecular formula is C42H50N12O3Si. The number of hydrogen-bond acceptors (Lipinski definition) is 9. The molecule has 5 N–H and O–H groups in total. The van der Waals surface area contributed by atoms with Gasteiger partial charge in [-0.05, 0) is 79.5 Å². The van der Waals surface area contributed by atoms with Gasteiger partial charge in [-0.1, -0.05) is 33.5 Å². The second-order valence-corrected chi connectivity index (χ2v) is 20.8. The smallest absolute Gasteiger partial charge is 0.251 e. The Balaban J connectivity index is 0.000000183. The van der Waals surface area contributed by atoms with Crippen LogP contribution in [-0.4, -0.2) is 77.9 Å². The van der Waals surface area contributed by atoms with Gasteiger partial charge in [-0.15, -0.1) is 0 Å². The lowest BCUT2D eigenvalue weighted by Gasteiger charge is -2.16. The van der Waals surface area contributed by atoms with Crippen LogP contribution in [-0.2, 0) is 11.5 Å². The lowest BCUT2D eigenvalue weighted by atomic mass is 10.2. The van der Waals surface area contributed by atoms with Crippen molar-refractivity contribution in [3.05, 3.63) is 109 Å². The number of ether oxygens (including phenoxy) is 1. The van der Waals surface area contributed by atoms with E-state index in [0.717, 1.165) is 70.2 Å². The van der Waals surface area contributed by atoms with Gasteiger partial charge in [-0.2, -0.15) is 9.97 Å². The third-order valence-corrected chi connectivity index (χ3v) is 11.1. The van der Waals surface area contributed by atoms with Crippen LogP contribution in [0.15, 0.2) is 97.8 Å². The van der Waals surface area contributed by atoms with Gasteiger partial charge >= 0.3 is 0 Å². The molecule has 0 bridgehead atoms. The zero-order chi connectivity index (χ0) is 40.6. The van der Waals surface area contributed by atoms with Crippen molar-refractivity contribution in [2.45, 2.75) is 59.1 Å². The Morgan fingerprint density at radius 3 is 1.79 bits per heavy atom. The number of aromatic amines is 1. The van der Waals surface area contributed by atoms with E-state index in [0.29, 0.717) is 42.8 Å². The van der Waals surface area contributed by atoms with E-state index in [1.807, 2.05) is 101 Å². The summed E-state index contributed by atoms with van der Waals surface area (Å²) in [5.41, 5.74) is 6.22. The van der Waals surface area contributed by atoms with E-state index in [1.54, 1.807) is 24.5 Å². The first-order valence-corrected chi connectivity index (χ1v) is 23.3.